The number of nitrogens with zero attached hydrogens (tertiary/aromatic N) is 1. The summed E-state index contributed by atoms with van der Waals surface area (Å²) in [7, 11) is 3.17. The average Bonchev–Trinajstić information content (AvgIpc) is 2.82. The highest BCUT2D eigenvalue weighted by molar-refractivity contribution is 6.32. The Morgan fingerprint density at radius 3 is 2.42 bits per heavy atom. The lowest BCUT2D eigenvalue weighted by Crippen LogP contribution is -2.37. The van der Waals surface area contributed by atoms with Gasteiger partial charge in [-0.3, -0.25) is 0 Å². The molecule has 1 fully saturated rings. The molecule has 2 heterocycles. The van der Waals surface area contributed by atoms with Crippen LogP contribution < -0.4 is 5.32 Å². The highest BCUT2D eigenvalue weighted by atomic mass is 35.5. The van der Waals surface area contributed by atoms with Crippen LogP contribution in [0.4, 0.5) is 13.2 Å². The number of dihydropyridines is 1. The Morgan fingerprint density at radius 1 is 1.17 bits per heavy atom. The van der Waals surface area contributed by atoms with Crippen LogP contribution in [-0.4, -0.2) is 63.4 Å². The molecular formula is C25H30ClF3N2O5. The number of carbonyl (C=O) groups excluding carboxylic acids is 2. The molecule has 1 N–H and O–H groups in total. The number of halogens is 4. The molecule has 1 atom stereocenters. The molecule has 0 amide bonds. The summed E-state index contributed by atoms with van der Waals surface area (Å²) in [6.45, 7) is 4.90. The van der Waals surface area contributed by atoms with Crippen LogP contribution in [0.5, 0.6) is 0 Å². The summed E-state index contributed by atoms with van der Waals surface area (Å²) in [4.78, 5) is 28.2. The van der Waals surface area contributed by atoms with Crippen molar-refractivity contribution in [2.24, 2.45) is 0 Å². The molecule has 0 spiro atoms. The van der Waals surface area contributed by atoms with Crippen LogP contribution in [0, 0.1) is 0 Å². The van der Waals surface area contributed by atoms with E-state index >= 15 is 0 Å². The van der Waals surface area contributed by atoms with Gasteiger partial charge in [-0.15, -0.1) is 0 Å². The van der Waals surface area contributed by atoms with Crippen molar-refractivity contribution < 1.29 is 37.0 Å². The number of esters is 2. The number of hydrogen-bond donors (Lipinski definition) is 1. The minimum Gasteiger partial charge on any atom is -0.466 e. The summed E-state index contributed by atoms with van der Waals surface area (Å²) in [5, 5.41) is 2.43. The van der Waals surface area contributed by atoms with Gasteiger partial charge in [0.25, 0.3) is 0 Å². The van der Waals surface area contributed by atoms with Crippen LogP contribution in [0.3, 0.4) is 0 Å². The third kappa shape index (κ3) is 6.04. The quantitative estimate of drug-likeness (QED) is 0.523. The molecule has 1 aromatic carbocycles. The normalized spacial score (nSPS) is 19.8. The smallest absolute Gasteiger partial charge is 0.417 e. The van der Waals surface area contributed by atoms with E-state index in [2.05, 4.69) is 10.2 Å². The van der Waals surface area contributed by atoms with Crippen molar-refractivity contribution in [1.82, 2.24) is 10.2 Å². The number of carbonyl (C=O) groups is 2. The van der Waals surface area contributed by atoms with Gasteiger partial charge in [0.2, 0.25) is 0 Å². The molecule has 2 aliphatic rings. The van der Waals surface area contributed by atoms with E-state index in [0.29, 0.717) is 11.4 Å². The largest absolute Gasteiger partial charge is 0.466 e. The second kappa shape index (κ2) is 11.7. The van der Waals surface area contributed by atoms with Crippen LogP contribution in [0.1, 0.15) is 43.7 Å². The number of piperidine rings is 1. The van der Waals surface area contributed by atoms with Crippen LogP contribution >= 0.6 is 11.6 Å². The predicted octanol–water partition coefficient (Wildman–Crippen LogP) is 4.42. The van der Waals surface area contributed by atoms with E-state index < -0.39 is 34.6 Å². The molecule has 198 valence electrons. The number of hydrogen-bond acceptors (Lipinski definition) is 7. The van der Waals surface area contributed by atoms with E-state index in [-0.39, 0.29) is 36.0 Å². The van der Waals surface area contributed by atoms with Crippen molar-refractivity contribution in [3.8, 4) is 0 Å². The zero-order valence-electron chi connectivity index (χ0n) is 20.6. The van der Waals surface area contributed by atoms with E-state index in [0.717, 1.165) is 39.1 Å². The Balaban J connectivity index is 2.15. The van der Waals surface area contributed by atoms with Crippen molar-refractivity contribution in [3.05, 3.63) is 56.9 Å². The number of rotatable bonds is 7. The SMILES string of the molecule is CCOC(=O)C1=C(COC2CCN(C)CC2)NC(C)=C(C(=O)OC)C1c1cccc(C(F)(F)F)c1Cl. The van der Waals surface area contributed by atoms with E-state index in [1.54, 1.807) is 13.8 Å². The number of methoxy groups -OCH3 is 1. The molecule has 36 heavy (non-hydrogen) atoms. The third-order valence-electron chi connectivity index (χ3n) is 6.32. The van der Waals surface area contributed by atoms with Gasteiger partial charge in [-0.2, -0.15) is 13.2 Å². The number of benzene rings is 1. The van der Waals surface area contributed by atoms with Gasteiger partial charge < -0.3 is 24.4 Å². The first-order valence-electron chi connectivity index (χ1n) is 11.6. The summed E-state index contributed by atoms with van der Waals surface area (Å²) >= 11 is 6.27. The molecule has 7 nitrogen and oxygen atoms in total. The van der Waals surface area contributed by atoms with Crippen molar-refractivity contribution in [2.75, 3.05) is 40.5 Å². The highest BCUT2D eigenvalue weighted by Gasteiger charge is 2.42. The predicted molar refractivity (Wildman–Crippen MR) is 127 cm³/mol. The van der Waals surface area contributed by atoms with Gasteiger partial charge in [-0.1, -0.05) is 23.7 Å². The summed E-state index contributed by atoms with van der Waals surface area (Å²) in [5.74, 6) is -2.86. The van der Waals surface area contributed by atoms with Crippen molar-refractivity contribution in [2.45, 2.75) is 44.9 Å². The van der Waals surface area contributed by atoms with Crippen LogP contribution in [0.2, 0.25) is 5.02 Å². The van der Waals surface area contributed by atoms with E-state index in [4.69, 9.17) is 25.8 Å². The lowest BCUT2D eigenvalue weighted by atomic mass is 9.79. The lowest BCUT2D eigenvalue weighted by Gasteiger charge is -2.33. The summed E-state index contributed by atoms with van der Waals surface area (Å²) in [5.41, 5.74) is -0.602. The molecule has 0 saturated carbocycles. The number of alkyl halides is 3. The molecule has 1 saturated heterocycles. The number of allylic oxidation sites excluding steroid dienone is 1. The molecule has 3 rings (SSSR count). The number of likely N-dealkylation sites (tertiary alicyclic amines) is 1. The second-order valence-electron chi connectivity index (χ2n) is 8.72. The minimum absolute atomic E-state index is 0.0186. The topological polar surface area (TPSA) is 77.1 Å². The third-order valence-corrected chi connectivity index (χ3v) is 6.74. The fourth-order valence-corrected chi connectivity index (χ4v) is 4.84. The maximum atomic E-state index is 13.7. The van der Waals surface area contributed by atoms with Gasteiger partial charge in [-0.25, -0.2) is 9.59 Å². The Bertz CT molecular complexity index is 1060. The highest BCUT2D eigenvalue weighted by Crippen LogP contribution is 2.45. The van der Waals surface area contributed by atoms with Crippen molar-refractivity contribution in [1.29, 1.82) is 0 Å². The van der Waals surface area contributed by atoms with Gasteiger partial charge in [0, 0.05) is 18.8 Å². The number of nitrogens with one attached hydrogen (secondary N) is 1. The molecule has 0 aromatic heterocycles. The standard InChI is InChI=1S/C25H30ClF3N2O5/c1-5-35-24(33)21-18(13-36-15-9-11-31(3)12-10-15)30-14(2)19(23(32)34-4)20(21)16-7-6-8-17(22(16)26)25(27,28)29/h6-8,15,20,30H,5,9-13H2,1-4H3. The Kier molecular flexibility index (Phi) is 9.08. The first-order valence-corrected chi connectivity index (χ1v) is 12.0. The summed E-state index contributed by atoms with van der Waals surface area (Å²) in [6, 6.07) is 3.39. The fraction of sp³-hybridized carbons (Fsp3) is 0.520. The van der Waals surface area contributed by atoms with Gasteiger partial charge in [-0.05, 0) is 45.4 Å². The molecule has 11 heteroatoms. The van der Waals surface area contributed by atoms with Gasteiger partial charge in [0.15, 0.2) is 0 Å². The Hall–Kier alpha value is -2.56. The first-order chi connectivity index (χ1) is 17.0. The first kappa shape index (κ1) is 28.0. The molecule has 0 radical (unpaired) electrons. The molecule has 1 aromatic rings. The van der Waals surface area contributed by atoms with Gasteiger partial charge in [0.1, 0.15) is 0 Å². The Labute approximate surface area is 213 Å². The zero-order valence-corrected chi connectivity index (χ0v) is 21.4. The molecule has 2 aliphatic heterocycles. The fourth-order valence-electron chi connectivity index (χ4n) is 4.50. The second-order valence-corrected chi connectivity index (χ2v) is 9.10. The molecule has 0 bridgehead atoms. The van der Waals surface area contributed by atoms with Gasteiger partial charge in [0.05, 0.1) is 59.8 Å². The minimum atomic E-state index is -4.74. The summed E-state index contributed by atoms with van der Waals surface area (Å²) in [6.07, 6.45) is -3.20. The van der Waals surface area contributed by atoms with E-state index in [1.807, 2.05) is 7.05 Å². The van der Waals surface area contributed by atoms with Crippen LogP contribution in [0.25, 0.3) is 0 Å². The van der Waals surface area contributed by atoms with Crippen LogP contribution in [0.15, 0.2) is 40.7 Å². The van der Waals surface area contributed by atoms with Crippen molar-refractivity contribution >= 4 is 23.5 Å². The van der Waals surface area contributed by atoms with Crippen LogP contribution in [-0.2, 0) is 30.0 Å². The molecular weight excluding hydrogens is 501 g/mol. The zero-order chi connectivity index (χ0) is 26.6. The maximum absolute atomic E-state index is 13.7. The van der Waals surface area contributed by atoms with E-state index in [1.165, 1.54) is 12.1 Å². The van der Waals surface area contributed by atoms with E-state index in [9.17, 15) is 22.8 Å². The molecule has 0 aliphatic carbocycles. The monoisotopic (exact) mass is 530 g/mol. The summed E-state index contributed by atoms with van der Waals surface area (Å²) < 4.78 is 57.3. The molecule has 1 unspecified atom stereocenters. The van der Waals surface area contributed by atoms with Crippen molar-refractivity contribution in [3.63, 3.8) is 0 Å². The average molecular weight is 531 g/mol. The Morgan fingerprint density at radius 2 is 1.83 bits per heavy atom. The lowest BCUT2D eigenvalue weighted by molar-refractivity contribution is -0.139. The van der Waals surface area contributed by atoms with Gasteiger partial charge >= 0.3 is 18.1 Å². The maximum Gasteiger partial charge on any atom is 0.417 e. The number of ether oxygens (including phenoxy) is 3.